The van der Waals surface area contributed by atoms with Crippen molar-refractivity contribution in [3.63, 3.8) is 0 Å². The lowest BCUT2D eigenvalue weighted by atomic mass is 9.49. The third kappa shape index (κ3) is 27.9. The molecule has 0 radical (unpaired) electrons. The van der Waals surface area contributed by atoms with Crippen molar-refractivity contribution in [2.75, 3.05) is 39.6 Å². The van der Waals surface area contributed by atoms with Gasteiger partial charge in [-0.05, 0) is 352 Å². The highest BCUT2D eigenvalue weighted by Crippen LogP contribution is 2.64. The van der Waals surface area contributed by atoms with Crippen LogP contribution in [0.1, 0.15) is 350 Å². The molecule has 0 aliphatic heterocycles. The van der Waals surface area contributed by atoms with E-state index in [2.05, 4.69) is 295 Å². The molecule has 0 aromatic heterocycles. The van der Waals surface area contributed by atoms with Gasteiger partial charge in [0.25, 0.3) is 0 Å². The minimum atomic E-state index is -0.405. The molecule has 11 aliphatic rings. The van der Waals surface area contributed by atoms with Crippen LogP contribution in [0.15, 0.2) is 224 Å². The first-order valence-corrected chi connectivity index (χ1v) is 54.0. The van der Waals surface area contributed by atoms with Crippen LogP contribution in [-0.4, -0.2) is 70.9 Å². The van der Waals surface area contributed by atoms with E-state index in [4.69, 9.17) is 47.4 Å². The second-order valence-electron chi connectivity index (χ2n) is 43.6. The molecule has 0 N–H and O–H groups in total. The van der Waals surface area contributed by atoms with E-state index in [9.17, 15) is 0 Å². The van der Waals surface area contributed by atoms with Crippen LogP contribution < -0.4 is 23.7 Å². The van der Waals surface area contributed by atoms with Gasteiger partial charge >= 0.3 is 0 Å². The first kappa shape index (κ1) is 101. The van der Waals surface area contributed by atoms with E-state index in [1.165, 1.54) is 192 Å². The third-order valence-corrected chi connectivity index (χ3v) is 33.2. The molecule has 10 heteroatoms. The van der Waals surface area contributed by atoms with Crippen LogP contribution in [0, 0.1) is 51.8 Å². The van der Waals surface area contributed by atoms with Gasteiger partial charge in [-0.25, -0.2) is 0 Å². The third-order valence-electron chi connectivity index (χ3n) is 33.2. The minimum absolute atomic E-state index is 0.0147. The summed E-state index contributed by atoms with van der Waals surface area (Å²) in [5.41, 5.74) is 17.0. The summed E-state index contributed by atoms with van der Waals surface area (Å²) in [5.74, 6) is 12.7. The lowest BCUT2D eigenvalue weighted by Crippen LogP contribution is -2.48. The van der Waals surface area contributed by atoms with Gasteiger partial charge in [-0.2, -0.15) is 0 Å². The molecule has 0 saturated heterocycles. The molecule has 135 heavy (non-hydrogen) atoms. The Kier molecular flexibility index (Phi) is 37.2. The molecule has 0 amide bonds. The highest BCUT2D eigenvalue weighted by molar-refractivity contribution is 5.82. The van der Waals surface area contributed by atoms with E-state index in [1.807, 2.05) is 12.1 Å². The number of rotatable bonds is 44. The van der Waals surface area contributed by atoms with Gasteiger partial charge in [0.15, 0.2) is 18.9 Å². The van der Waals surface area contributed by atoms with E-state index < -0.39 is 6.29 Å². The Labute approximate surface area is 815 Å². The maximum Gasteiger partial charge on any atom is 0.200 e. The molecule has 10 atom stereocenters. The van der Waals surface area contributed by atoms with Crippen LogP contribution in [0.25, 0.3) is 22.3 Å². The first-order chi connectivity index (χ1) is 65.8. The molecule has 9 aromatic carbocycles. The number of hydrogen-bond donors (Lipinski definition) is 0. The summed E-state index contributed by atoms with van der Waals surface area (Å²) < 4.78 is 64.1. The molecule has 9 aromatic rings. The van der Waals surface area contributed by atoms with Crippen molar-refractivity contribution in [2.24, 2.45) is 51.8 Å². The predicted molar refractivity (Wildman–Crippen MR) is 556 cm³/mol. The monoisotopic (exact) mass is 1830 g/mol. The largest absolute Gasteiger partial charge is 0.490 e. The van der Waals surface area contributed by atoms with Crippen LogP contribution in [0.3, 0.4) is 0 Å². The summed E-state index contributed by atoms with van der Waals surface area (Å²) in [7, 11) is 0. The SMILES string of the molecule is CCC(C)c1ccc(OC(CC2(C)CCc3ccccc32)OCCOc2c(-c3ccccc3)cccc2-c2ccccc2)cc1.CCC(C)c1ccc(OC(CC23CC4CC(CC(C4)C2)C3)OCCOC2CCCCC2)cc1.CCCOC(CC1(CCC)CCc2ccccc2C1)Oc1ccc(C(C)CC)cc1.CCCOC(CC12CC3CC(CC(C3)C1)C2)Oc1ccc(C(C)CC)cc1. The van der Waals surface area contributed by atoms with Crippen LogP contribution in [0.5, 0.6) is 28.7 Å². The van der Waals surface area contributed by atoms with Gasteiger partial charge < -0.3 is 47.4 Å². The Balaban J connectivity index is 0.000000140. The fraction of sp³-hybridized carbons (Fsp3) is 0.568. The van der Waals surface area contributed by atoms with Gasteiger partial charge in [0.1, 0.15) is 35.4 Å². The molecule has 10 unspecified atom stereocenters. The number of fused-ring (bicyclic) bond motifs is 2. The molecule has 0 spiro atoms. The fourth-order valence-electron chi connectivity index (χ4n) is 25.9. The highest BCUT2D eigenvalue weighted by Gasteiger charge is 2.54. The normalized spacial score (nSPS) is 25.1. The van der Waals surface area contributed by atoms with Crippen molar-refractivity contribution < 1.29 is 47.4 Å². The smallest absolute Gasteiger partial charge is 0.200 e. The van der Waals surface area contributed by atoms with Crippen molar-refractivity contribution in [1.29, 1.82) is 0 Å². The summed E-state index contributed by atoms with van der Waals surface area (Å²) in [6, 6.07) is 79.7. The highest BCUT2D eigenvalue weighted by atomic mass is 16.7. The Morgan fingerprint density at radius 2 is 0.689 bits per heavy atom. The Bertz CT molecular complexity index is 4830. The molecule has 9 fully saturated rings. The van der Waals surface area contributed by atoms with Crippen molar-refractivity contribution in [3.8, 4) is 51.0 Å². The van der Waals surface area contributed by atoms with Gasteiger partial charge in [0.2, 0.25) is 6.29 Å². The van der Waals surface area contributed by atoms with E-state index in [0.29, 0.717) is 67.0 Å². The van der Waals surface area contributed by atoms with E-state index in [0.717, 1.165) is 170 Å². The lowest BCUT2D eigenvalue weighted by molar-refractivity contribution is -0.151. The van der Waals surface area contributed by atoms with Crippen LogP contribution in [-0.2, 0) is 48.4 Å². The van der Waals surface area contributed by atoms with Crippen molar-refractivity contribution >= 4 is 0 Å². The number of para-hydroxylation sites is 1. The average molecular weight is 1830 g/mol. The number of benzene rings is 9. The summed E-state index contributed by atoms with van der Waals surface area (Å²) in [4.78, 5) is 0. The van der Waals surface area contributed by atoms with Crippen LogP contribution in [0.2, 0.25) is 0 Å². The molecule has 728 valence electrons. The van der Waals surface area contributed by atoms with Gasteiger partial charge in [0, 0.05) is 36.8 Å². The van der Waals surface area contributed by atoms with Crippen molar-refractivity contribution in [3.05, 3.63) is 269 Å². The topological polar surface area (TPSA) is 92.3 Å². The molecule has 0 heterocycles. The molecule has 20 rings (SSSR count). The van der Waals surface area contributed by atoms with Crippen molar-refractivity contribution in [2.45, 2.75) is 362 Å². The zero-order chi connectivity index (χ0) is 94.0. The summed E-state index contributed by atoms with van der Waals surface area (Å²) >= 11 is 0. The second-order valence-corrected chi connectivity index (χ2v) is 43.6. The van der Waals surface area contributed by atoms with E-state index in [1.54, 1.807) is 0 Å². The summed E-state index contributed by atoms with van der Waals surface area (Å²) in [5, 5.41) is 0. The Morgan fingerprint density at radius 3 is 1.10 bits per heavy atom. The molecule has 11 aliphatic carbocycles. The van der Waals surface area contributed by atoms with Gasteiger partial charge in [-0.3, -0.25) is 0 Å². The number of aryl methyl sites for hydroxylation is 2. The lowest BCUT2D eigenvalue weighted by Gasteiger charge is -2.57. The zero-order valence-corrected chi connectivity index (χ0v) is 84.9. The predicted octanol–water partition coefficient (Wildman–Crippen LogP) is 33.1. The van der Waals surface area contributed by atoms with Crippen LogP contribution >= 0.6 is 0 Å². The van der Waals surface area contributed by atoms with Gasteiger partial charge in [0.05, 0.1) is 39.1 Å². The molecular weight excluding hydrogens is 1660 g/mol. The van der Waals surface area contributed by atoms with Gasteiger partial charge in [-0.15, -0.1) is 0 Å². The standard InChI is InChI=1S/C42H44O3.C30H46O3.C28H40O2.C25H38O2/c1-4-31(2)32-22-24-36(25-23-32)45-40(30-42(3)27-26-35-18-11-12-21-39(35)42)43-28-29-44-41-37(33-14-7-5-8-15-33)19-13-20-38(41)34-16-9-6-10-17-34;1-3-22(2)26-9-11-28(12-10-26)33-29(32-14-13-31-27-7-5-4-6-8-27)21-30-18-23-15-24(19-30)17-25(16-23)20-30;1-5-17-28(18-16-24-10-8-9-11-25(24)20-28)21-27(29-19-6-2)30-26-14-12-23(13-15-26)22(4)7-3;1-4-10-26-24(27-23-8-6-22(7-9-23)18(3)5-2)17-25-14-19-11-20(15-25)13-21(12-19)16-25/h5-25,31,40H,4,26-30H2,1-3H3;9-12,22-25,27,29H,3-8,13-21H2,1-2H3;8-15,22,27H,5-7,16-21H2,1-4H3;6-9,18-21,24H,4-5,10-17H2,1-3H3. The molecule has 8 bridgehead atoms. The quantitative estimate of drug-likeness (QED) is 0.0272. The Morgan fingerprint density at radius 1 is 0.326 bits per heavy atom. The first-order valence-electron chi connectivity index (χ1n) is 54.0. The fourth-order valence-corrected chi connectivity index (χ4v) is 25.9. The zero-order valence-electron chi connectivity index (χ0n) is 84.9. The van der Waals surface area contributed by atoms with Crippen molar-refractivity contribution in [1.82, 2.24) is 0 Å². The van der Waals surface area contributed by atoms with Gasteiger partial charge in [-0.1, -0.05) is 285 Å². The molecule has 10 nitrogen and oxygen atoms in total. The average Bonchev–Trinajstić information content (AvgIpc) is 1.28. The molecule has 9 saturated carbocycles. The molecular formula is C125H168O10. The Hall–Kier alpha value is -8.22. The summed E-state index contributed by atoms with van der Waals surface area (Å²) in [6.07, 6.45) is 42.1. The maximum atomic E-state index is 6.60. The van der Waals surface area contributed by atoms with Crippen LogP contribution in [0.4, 0.5) is 0 Å². The minimum Gasteiger partial charge on any atom is -0.490 e. The maximum absolute atomic E-state index is 6.60. The second kappa shape index (κ2) is 49.6. The number of ether oxygens (including phenoxy) is 10. The number of hydrogen-bond acceptors (Lipinski definition) is 10. The van der Waals surface area contributed by atoms with E-state index in [-0.39, 0.29) is 29.7 Å². The van der Waals surface area contributed by atoms with E-state index >= 15 is 0 Å². The summed E-state index contributed by atoms with van der Waals surface area (Å²) in [6.45, 7) is 30.8.